The van der Waals surface area contributed by atoms with E-state index in [1.807, 2.05) is 0 Å². The molecule has 0 amide bonds. The lowest BCUT2D eigenvalue weighted by atomic mass is 10.1. The molecule has 0 aliphatic heterocycles. The molecule has 0 fully saturated rings. The number of nitrogens with two attached hydrogens (primary N) is 2. The summed E-state index contributed by atoms with van der Waals surface area (Å²) in [6.45, 7) is 0.560. The Hall–Kier alpha value is -1.60. The number of thioether (sulfide) groups is 1. The summed E-state index contributed by atoms with van der Waals surface area (Å²) in [4.78, 5) is 0. The maximum absolute atomic E-state index is 12.8. The van der Waals surface area contributed by atoms with Gasteiger partial charge in [-0.2, -0.15) is 0 Å². The van der Waals surface area contributed by atoms with Crippen molar-refractivity contribution < 1.29 is 4.39 Å². The molecule has 0 bridgehead atoms. The fraction of sp³-hybridized carbons (Fsp3) is 0.273. The SMILES string of the molecule is NCCSc1nnc(Cc2ccc(F)cc2)n1N. The maximum atomic E-state index is 12.8. The third kappa shape index (κ3) is 2.99. The van der Waals surface area contributed by atoms with E-state index in [0.29, 0.717) is 23.9 Å². The molecule has 4 N–H and O–H groups in total. The number of hydrogen-bond acceptors (Lipinski definition) is 5. The van der Waals surface area contributed by atoms with Crippen LogP contribution in [-0.2, 0) is 6.42 Å². The third-order valence-electron chi connectivity index (χ3n) is 2.36. The molecule has 96 valence electrons. The molecule has 0 saturated carbocycles. The van der Waals surface area contributed by atoms with Gasteiger partial charge in [0.05, 0.1) is 0 Å². The third-order valence-corrected chi connectivity index (χ3v) is 3.34. The summed E-state index contributed by atoms with van der Waals surface area (Å²) in [6.07, 6.45) is 0.521. The summed E-state index contributed by atoms with van der Waals surface area (Å²) in [5, 5.41) is 8.64. The molecular formula is C11H14FN5S. The molecule has 1 heterocycles. The summed E-state index contributed by atoms with van der Waals surface area (Å²) in [5.74, 6) is 7.00. The first-order chi connectivity index (χ1) is 8.70. The van der Waals surface area contributed by atoms with Gasteiger partial charge in [-0.3, -0.25) is 0 Å². The van der Waals surface area contributed by atoms with Gasteiger partial charge in [0.2, 0.25) is 5.16 Å². The number of benzene rings is 1. The minimum Gasteiger partial charge on any atom is -0.336 e. The highest BCUT2D eigenvalue weighted by Crippen LogP contribution is 2.15. The van der Waals surface area contributed by atoms with Crippen LogP contribution in [0, 0.1) is 5.82 Å². The average molecular weight is 267 g/mol. The first-order valence-corrected chi connectivity index (χ1v) is 6.46. The number of aromatic nitrogens is 3. The summed E-state index contributed by atoms with van der Waals surface area (Å²) in [7, 11) is 0. The Balaban J connectivity index is 2.09. The van der Waals surface area contributed by atoms with E-state index in [4.69, 9.17) is 11.6 Å². The lowest BCUT2D eigenvalue weighted by molar-refractivity contribution is 0.627. The quantitative estimate of drug-likeness (QED) is 0.617. The van der Waals surface area contributed by atoms with Crippen molar-refractivity contribution in [2.45, 2.75) is 11.6 Å². The van der Waals surface area contributed by atoms with Crippen LogP contribution in [0.2, 0.25) is 0 Å². The van der Waals surface area contributed by atoms with Gasteiger partial charge in [0.15, 0.2) is 5.82 Å². The van der Waals surface area contributed by atoms with Gasteiger partial charge in [-0.15, -0.1) is 10.2 Å². The molecule has 7 heteroatoms. The van der Waals surface area contributed by atoms with Crippen LogP contribution >= 0.6 is 11.8 Å². The van der Waals surface area contributed by atoms with Crippen molar-refractivity contribution in [3.8, 4) is 0 Å². The Morgan fingerprint density at radius 2 is 1.94 bits per heavy atom. The Morgan fingerprint density at radius 3 is 2.61 bits per heavy atom. The van der Waals surface area contributed by atoms with Gasteiger partial charge in [0.25, 0.3) is 0 Å². The molecular weight excluding hydrogens is 253 g/mol. The highest BCUT2D eigenvalue weighted by atomic mass is 32.2. The molecule has 1 aromatic heterocycles. The summed E-state index contributed by atoms with van der Waals surface area (Å²) >= 11 is 1.46. The van der Waals surface area contributed by atoms with Gasteiger partial charge in [-0.05, 0) is 17.7 Å². The van der Waals surface area contributed by atoms with Gasteiger partial charge in [-0.1, -0.05) is 23.9 Å². The summed E-state index contributed by atoms with van der Waals surface area (Å²) in [5.41, 5.74) is 6.35. The minimum absolute atomic E-state index is 0.257. The predicted molar refractivity (Wildman–Crippen MR) is 69.2 cm³/mol. The molecule has 18 heavy (non-hydrogen) atoms. The Labute approximate surface area is 108 Å². The van der Waals surface area contributed by atoms with E-state index in [9.17, 15) is 4.39 Å². The van der Waals surface area contributed by atoms with E-state index in [1.165, 1.54) is 28.6 Å². The molecule has 1 aromatic carbocycles. The number of hydrogen-bond donors (Lipinski definition) is 2. The van der Waals surface area contributed by atoms with Crippen molar-refractivity contribution in [1.82, 2.24) is 14.9 Å². The first kappa shape index (κ1) is 12.8. The van der Waals surface area contributed by atoms with Gasteiger partial charge in [0.1, 0.15) is 5.82 Å². The zero-order valence-corrected chi connectivity index (χ0v) is 10.5. The Bertz CT molecular complexity index is 511. The largest absolute Gasteiger partial charge is 0.336 e. The van der Waals surface area contributed by atoms with Crippen LogP contribution in [0.5, 0.6) is 0 Å². The molecule has 2 rings (SSSR count). The molecule has 0 atom stereocenters. The lowest BCUT2D eigenvalue weighted by Crippen LogP contribution is -2.15. The second-order valence-corrected chi connectivity index (χ2v) is 4.77. The van der Waals surface area contributed by atoms with Crippen molar-refractivity contribution in [2.75, 3.05) is 18.1 Å². The van der Waals surface area contributed by atoms with E-state index in [0.717, 1.165) is 11.3 Å². The summed E-state index contributed by atoms with van der Waals surface area (Å²) in [6, 6.07) is 6.24. The van der Waals surface area contributed by atoms with Crippen molar-refractivity contribution in [2.24, 2.45) is 5.73 Å². The molecule has 0 aliphatic rings. The zero-order chi connectivity index (χ0) is 13.0. The van der Waals surface area contributed by atoms with Gasteiger partial charge >= 0.3 is 0 Å². The van der Waals surface area contributed by atoms with E-state index in [2.05, 4.69) is 10.2 Å². The highest BCUT2D eigenvalue weighted by Gasteiger charge is 2.10. The Kier molecular flexibility index (Phi) is 4.16. The standard InChI is InChI=1S/C11H14FN5S/c12-9-3-1-8(2-4-9)7-10-15-16-11(17(10)14)18-6-5-13/h1-4H,5-7,13-14H2. The maximum Gasteiger partial charge on any atom is 0.209 e. The smallest absolute Gasteiger partial charge is 0.209 e. The molecule has 0 spiro atoms. The lowest BCUT2D eigenvalue weighted by Gasteiger charge is -2.03. The normalized spacial score (nSPS) is 10.8. The second-order valence-electron chi connectivity index (χ2n) is 3.71. The fourth-order valence-electron chi connectivity index (χ4n) is 1.46. The molecule has 0 unspecified atom stereocenters. The number of nitrogen functional groups attached to an aromatic ring is 1. The Morgan fingerprint density at radius 1 is 1.22 bits per heavy atom. The molecule has 2 aromatic rings. The minimum atomic E-state index is -0.257. The predicted octanol–water partition coefficient (Wildman–Crippen LogP) is 0.773. The summed E-state index contributed by atoms with van der Waals surface area (Å²) < 4.78 is 14.2. The molecule has 0 saturated heterocycles. The zero-order valence-electron chi connectivity index (χ0n) is 9.71. The van der Waals surface area contributed by atoms with Crippen molar-refractivity contribution in [1.29, 1.82) is 0 Å². The van der Waals surface area contributed by atoms with Crippen LogP contribution in [-0.4, -0.2) is 27.2 Å². The van der Waals surface area contributed by atoms with Crippen LogP contribution in [0.15, 0.2) is 29.4 Å². The van der Waals surface area contributed by atoms with Crippen LogP contribution in [0.4, 0.5) is 4.39 Å². The average Bonchev–Trinajstić information content (AvgIpc) is 2.71. The molecule has 5 nitrogen and oxygen atoms in total. The van der Waals surface area contributed by atoms with Crippen molar-refractivity contribution in [3.63, 3.8) is 0 Å². The van der Waals surface area contributed by atoms with E-state index >= 15 is 0 Å². The second kappa shape index (κ2) is 5.83. The number of rotatable bonds is 5. The van der Waals surface area contributed by atoms with Gasteiger partial charge in [-0.25, -0.2) is 9.07 Å². The van der Waals surface area contributed by atoms with Crippen molar-refractivity contribution >= 4 is 11.8 Å². The monoisotopic (exact) mass is 267 g/mol. The first-order valence-electron chi connectivity index (χ1n) is 5.47. The topological polar surface area (TPSA) is 82.8 Å². The molecule has 0 radical (unpaired) electrons. The fourth-order valence-corrected chi connectivity index (χ4v) is 2.10. The van der Waals surface area contributed by atoms with E-state index in [-0.39, 0.29) is 5.82 Å². The van der Waals surface area contributed by atoms with Crippen LogP contribution in [0.1, 0.15) is 11.4 Å². The number of halogens is 1. The van der Waals surface area contributed by atoms with E-state index in [1.54, 1.807) is 12.1 Å². The molecule has 0 aliphatic carbocycles. The van der Waals surface area contributed by atoms with Gasteiger partial charge < -0.3 is 11.6 Å². The van der Waals surface area contributed by atoms with Crippen molar-refractivity contribution in [3.05, 3.63) is 41.5 Å². The van der Waals surface area contributed by atoms with Gasteiger partial charge in [0, 0.05) is 18.7 Å². The van der Waals surface area contributed by atoms with Crippen LogP contribution in [0.25, 0.3) is 0 Å². The highest BCUT2D eigenvalue weighted by molar-refractivity contribution is 7.99. The van der Waals surface area contributed by atoms with Crippen LogP contribution in [0.3, 0.4) is 0 Å². The number of nitrogens with zero attached hydrogens (tertiary/aromatic N) is 3. The van der Waals surface area contributed by atoms with Crippen LogP contribution < -0.4 is 11.6 Å². The van der Waals surface area contributed by atoms with E-state index < -0.39 is 0 Å².